The van der Waals surface area contributed by atoms with E-state index in [0.717, 1.165) is 11.3 Å². The van der Waals surface area contributed by atoms with Gasteiger partial charge in [0.05, 0.1) is 12.5 Å². The standard InChI is InChI=1S/C16H23ClO/c1-10-7-8-12(18-6)11(9-10)13(17)14-15(2,3)16(14,4)5/h7-9,13-14H,1-6H3. The van der Waals surface area contributed by atoms with E-state index in [2.05, 4.69) is 46.8 Å². The summed E-state index contributed by atoms with van der Waals surface area (Å²) in [7, 11) is 1.71. The lowest BCUT2D eigenvalue weighted by molar-refractivity contribution is 0.405. The Morgan fingerprint density at radius 3 is 2.17 bits per heavy atom. The third-order valence-corrected chi connectivity index (χ3v) is 5.59. The first-order chi connectivity index (χ1) is 8.23. The van der Waals surface area contributed by atoms with Crippen molar-refractivity contribution in [1.29, 1.82) is 0 Å². The van der Waals surface area contributed by atoms with Gasteiger partial charge in [-0.3, -0.25) is 0 Å². The molecule has 1 nitrogen and oxygen atoms in total. The predicted molar refractivity (Wildman–Crippen MR) is 77.4 cm³/mol. The van der Waals surface area contributed by atoms with E-state index in [-0.39, 0.29) is 16.2 Å². The summed E-state index contributed by atoms with van der Waals surface area (Å²) < 4.78 is 5.45. The molecule has 1 aromatic carbocycles. The predicted octanol–water partition coefficient (Wildman–Crippen LogP) is 4.97. The third-order valence-electron chi connectivity index (χ3n) is 5.11. The summed E-state index contributed by atoms with van der Waals surface area (Å²) in [5, 5.41) is 0.0184. The molecular formula is C16H23ClO. The van der Waals surface area contributed by atoms with Crippen LogP contribution in [-0.2, 0) is 0 Å². The van der Waals surface area contributed by atoms with E-state index in [1.165, 1.54) is 5.56 Å². The molecule has 0 N–H and O–H groups in total. The Bertz CT molecular complexity index is 448. The van der Waals surface area contributed by atoms with Crippen LogP contribution in [0.4, 0.5) is 0 Å². The van der Waals surface area contributed by atoms with Crippen LogP contribution >= 0.6 is 11.6 Å². The van der Waals surface area contributed by atoms with Gasteiger partial charge in [0.1, 0.15) is 5.75 Å². The second kappa shape index (κ2) is 4.16. The van der Waals surface area contributed by atoms with Crippen LogP contribution in [-0.4, -0.2) is 7.11 Å². The third kappa shape index (κ3) is 1.84. The minimum atomic E-state index is 0.0184. The Labute approximate surface area is 115 Å². The zero-order chi connectivity index (χ0) is 13.7. The average molecular weight is 267 g/mol. The van der Waals surface area contributed by atoms with Gasteiger partial charge in [-0.15, -0.1) is 11.6 Å². The van der Waals surface area contributed by atoms with Gasteiger partial charge in [-0.1, -0.05) is 45.4 Å². The fraction of sp³-hybridized carbons (Fsp3) is 0.625. The molecule has 1 unspecified atom stereocenters. The fourth-order valence-electron chi connectivity index (χ4n) is 3.23. The molecule has 100 valence electrons. The van der Waals surface area contributed by atoms with E-state index in [9.17, 15) is 0 Å². The lowest BCUT2D eigenvalue weighted by Crippen LogP contribution is -2.02. The summed E-state index contributed by atoms with van der Waals surface area (Å²) in [4.78, 5) is 0. The number of rotatable bonds is 3. The highest BCUT2D eigenvalue weighted by Crippen LogP contribution is 2.73. The summed E-state index contributed by atoms with van der Waals surface area (Å²) >= 11 is 6.75. The maximum atomic E-state index is 6.75. The van der Waals surface area contributed by atoms with Gasteiger partial charge in [-0.25, -0.2) is 0 Å². The van der Waals surface area contributed by atoms with Crippen LogP contribution in [0.5, 0.6) is 5.75 Å². The van der Waals surface area contributed by atoms with E-state index in [1.807, 2.05) is 6.07 Å². The lowest BCUT2D eigenvalue weighted by atomic mass is 10.00. The largest absolute Gasteiger partial charge is 0.496 e. The van der Waals surface area contributed by atoms with E-state index in [0.29, 0.717) is 5.92 Å². The molecule has 1 aliphatic carbocycles. The summed E-state index contributed by atoms with van der Waals surface area (Å²) in [6.07, 6.45) is 0. The van der Waals surface area contributed by atoms with Crippen molar-refractivity contribution in [2.24, 2.45) is 16.7 Å². The van der Waals surface area contributed by atoms with Crippen molar-refractivity contribution < 1.29 is 4.74 Å². The molecule has 2 heteroatoms. The molecule has 1 fully saturated rings. The Balaban J connectivity index is 2.36. The fourth-order valence-corrected chi connectivity index (χ4v) is 4.03. The zero-order valence-corrected chi connectivity index (χ0v) is 12.9. The molecule has 0 spiro atoms. The molecule has 1 aromatic rings. The van der Waals surface area contributed by atoms with Crippen molar-refractivity contribution in [2.45, 2.75) is 40.0 Å². The first kappa shape index (κ1) is 13.7. The normalized spacial score (nSPS) is 22.6. The van der Waals surface area contributed by atoms with Gasteiger partial charge in [-0.2, -0.15) is 0 Å². The SMILES string of the molecule is COc1ccc(C)cc1C(Cl)C1C(C)(C)C1(C)C. The molecule has 1 atom stereocenters. The van der Waals surface area contributed by atoms with Crippen LogP contribution in [0.1, 0.15) is 44.2 Å². The molecule has 0 saturated heterocycles. The lowest BCUT2D eigenvalue weighted by Gasteiger charge is -2.16. The second-order valence-electron chi connectivity index (χ2n) is 6.57. The van der Waals surface area contributed by atoms with Crippen LogP contribution in [0, 0.1) is 23.7 Å². The van der Waals surface area contributed by atoms with Crippen LogP contribution in [0.2, 0.25) is 0 Å². The summed E-state index contributed by atoms with van der Waals surface area (Å²) in [6, 6.07) is 6.23. The Morgan fingerprint density at radius 2 is 1.72 bits per heavy atom. The van der Waals surface area contributed by atoms with Crippen molar-refractivity contribution in [3.05, 3.63) is 29.3 Å². The number of halogens is 1. The molecule has 0 radical (unpaired) electrons. The molecule has 2 rings (SSSR count). The number of benzene rings is 1. The van der Waals surface area contributed by atoms with Gasteiger partial charge < -0.3 is 4.74 Å². The minimum absolute atomic E-state index is 0.0184. The summed E-state index contributed by atoms with van der Waals surface area (Å²) in [5.41, 5.74) is 2.93. The Hall–Kier alpha value is -0.690. The first-order valence-electron chi connectivity index (χ1n) is 6.52. The Kier molecular flexibility index (Phi) is 3.18. The maximum absolute atomic E-state index is 6.75. The van der Waals surface area contributed by atoms with Gasteiger partial charge in [0, 0.05) is 5.56 Å². The summed E-state index contributed by atoms with van der Waals surface area (Å²) in [5.74, 6) is 1.39. The molecular weight excluding hydrogens is 244 g/mol. The van der Waals surface area contributed by atoms with Crippen molar-refractivity contribution in [2.75, 3.05) is 7.11 Å². The van der Waals surface area contributed by atoms with Crippen LogP contribution in [0.15, 0.2) is 18.2 Å². The highest BCUT2D eigenvalue weighted by atomic mass is 35.5. The monoisotopic (exact) mass is 266 g/mol. The van der Waals surface area contributed by atoms with Gasteiger partial charge in [0.2, 0.25) is 0 Å². The molecule has 0 amide bonds. The topological polar surface area (TPSA) is 9.23 Å². The van der Waals surface area contributed by atoms with E-state index in [4.69, 9.17) is 16.3 Å². The molecule has 0 heterocycles. The van der Waals surface area contributed by atoms with Crippen molar-refractivity contribution in [1.82, 2.24) is 0 Å². The van der Waals surface area contributed by atoms with Gasteiger partial charge in [0.25, 0.3) is 0 Å². The van der Waals surface area contributed by atoms with Gasteiger partial charge in [-0.05, 0) is 29.7 Å². The van der Waals surface area contributed by atoms with Crippen LogP contribution in [0.25, 0.3) is 0 Å². The number of alkyl halides is 1. The van der Waals surface area contributed by atoms with Crippen LogP contribution < -0.4 is 4.74 Å². The van der Waals surface area contributed by atoms with E-state index >= 15 is 0 Å². The molecule has 1 saturated carbocycles. The highest BCUT2D eigenvalue weighted by molar-refractivity contribution is 6.21. The number of aryl methyl sites for hydroxylation is 1. The smallest absolute Gasteiger partial charge is 0.123 e. The van der Waals surface area contributed by atoms with Gasteiger partial charge in [0.15, 0.2) is 0 Å². The van der Waals surface area contributed by atoms with Crippen LogP contribution in [0.3, 0.4) is 0 Å². The highest BCUT2D eigenvalue weighted by Gasteiger charge is 2.67. The number of ether oxygens (including phenoxy) is 1. The molecule has 0 aliphatic heterocycles. The minimum Gasteiger partial charge on any atom is -0.496 e. The quantitative estimate of drug-likeness (QED) is 0.702. The van der Waals surface area contributed by atoms with Gasteiger partial charge >= 0.3 is 0 Å². The summed E-state index contributed by atoms with van der Waals surface area (Å²) in [6.45, 7) is 11.3. The molecule has 18 heavy (non-hydrogen) atoms. The van der Waals surface area contributed by atoms with E-state index < -0.39 is 0 Å². The average Bonchev–Trinajstić information content (AvgIpc) is 2.68. The zero-order valence-electron chi connectivity index (χ0n) is 12.2. The maximum Gasteiger partial charge on any atom is 0.123 e. The molecule has 1 aliphatic rings. The number of hydrogen-bond acceptors (Lipinski definition) is 1. The van der Waals surface area contributed by atoms with Crippen molar-refractivity contribution >= 4 is 11.6 Å². The van der Waals surface area contributed by atoms with Crippen molar-refractivity contribution in [3.63, 3.8) is 0 Å². The van der Waals surface area contributed by atoms with E-state index in [1.54, 1.807) is 7.11 Å². The van der Waals surface area contributed by atoms with Crippen molar-refractivity contribution in [3.8, 4) is 5.75 Å². The second-order valence-corrected chi connectivity index (χ2v) is 7.04. The Morgan fingerprint density at radius 1 is 1.17 bits per heavy atom. The number of methoxy groups -OCH3 is 1. The number of hydrogen-bond donors (Lipinski definition) is 0. The molecule has 0 bridgehead atoms. The first-order valence-corrected chi connectivity index (χ1v) is 6.95. The molecule has 0 aromatic heterocycles.